The lowest BCUT2D eigenvalue weighted by Gasteiger charge is -2.39. The van der Waals surface area contributed by atoms with Crippen LogP contribution < -0.4 is 9.64 Å². The fraction of sp³-hybridized carbons (Fsp3) is 0.200. The van der Waals surface area contributed by atoms with Gasteiger partial charge >= 0.3 is 0 Å². The van der Waals surface area contributed by atoms with Crippen molar-refractivity contribution in [3.05, 3.63) is 129 Å². The van der Waals surface area contributed by atoms with Gasteiger partial charge in [0.2, 0.25) is 0 Å². The third-order valence-electron chi connectivity index (χ3n) is 8.24. The summed E-state index contributed by atoms with van der Waals surface area (Å²) in [7, 11) is 1.72. The predicted octanol–water partition coefficient (Wildman–Crippen LogP) is 9.14. The van der Waals surface area contributed by atoms with Gasteiger partial charge in [0.1, 0.15) is 11.8 Å². The number of methoxy groups -OCH3 is 1. The summed E-state index contributed by atoms with van der Waals surface area (Å²) in [5, 5.41) is 1.95. The molecule has 4 heteroatoms. The fourth-order valence-electron chi connectivity index (χ4n) is 6.22. The molecular weight excluding hydrogens is 500 g/mol. The first-order chi connectivity index (χ1) is 18.8. The highest BCUT2D eigenvalue weighted by Crippen LogP contribution is 2.50. The Morgan fingerprint density at radius 1 is 0.923 bits per heavy atom. The standard InChI is InChI=1S/C35H31ClN2O/c1-35(2,3)24-11-9-21(10-12-24)32-19-22-7-5-6-8-27(22)34-33-29(28-20-26(39-4)14-15-30(28)37-33)18-23-17-25(36)13-16-31(23)38(32)34/h5-17,19-20,34,37H,18H2,1-4H3. The second-order valence-electron chi connectivity index (χ2n) is 11.6. The summed E-state index contributed by atoms with van der Waals surface area (Å²) in [6.07, 6.45) is 3.12. The second-order valence-corrected chi connectivity index (χ2v) is 12.1. The molecule has 0 fully saturated rings. The van der Waals surface area contributed by atoms with Crippen molar-refractivity contribution < 1.29 is 4.74 Å². The first-order valence-corrected chi connectivity index (χ1v) is 13.9. The van der Waals surface area contributed by atoms with E-state index in [2.05, 4.69) is 110 Å². The predicted molar refractivity (Wildman–Crippen MR) is 163 cm³/mol. The first kappa shape index (κ1) is 24.1. The molecule has 0 radical (unpaired) electrons. The van der Waals surface area contributed by atoms with Crippen molar-refractivity contribution in [2.75, 3.05) is 12.0 Å². The number of hydrogen-bond acceptors (Lipinski definition) is 2. The highest BCUT2D eigenvalue weighted by atomic mass is 35.5. The summed E-state index contributed by atoms with van der Waals surface area (Å²) in [6.45, 7) is 6.78. The van der Waals surface area contributed by atoms with E-state index in [9.17, 15) is 0 Å². The molecule has 1 unspecified atom stereocenters. The molecule has 4 aromatic carbocycles. The summed E-state index contributed by atoms with van der Waals surface area (Å²) >= 11 is 6.61. The molecule has 3 nitrogen and oxygen atoms in total. The van der Waals surface area contributed by atoms with Crippen LogP contribution in [0.3, 0.4) is 0 Å². The van der Waals surface area contributed by atoms with Gasteiger partial charge in [-0.1, -0.05) is 80.9 Å². The average Bonchev–Trinajstić information content (AvgIpc) is 3.21. The molecule has 0 saturated heterocycles. The molecule has 39 heavy (non-hydrogen) atoms. The molecule has 194 valence electrons. The molecule has 0 spiro atoms. The van der Waals surface area contributed by atoms with Crippen LogP contribution in [0.1, 0.15) is 65.9 Å². The van der Waals surface area contributed by atoms with E-state index in [1.165, 1.54) is 55.8 Å². The molecule has 3 heterocycles. The Balaban J connectivity index is 1.53. The zero-order valence-electron chi connectivity index (χ0n) is 22.7. The van der Waals surface area contributed by atoms with Crippen molar-refractivity contribution in [2.24, 2.45) is 0 Å². The second kappa shape index (κ2) is 8.79. The average molecular weight is 531 g/mol. The van der Waals surface area contributed by atoms with Crippen LogP contribution in [0.4, 0.5) is 5.69 Å². The van der Waals surface area contributed by atoms with Gasteiger partial charge in [-0.15, -0.1) is 0 Å². The van der Waals surface area contributed by atoms with E-state index in [0.717, 1.165) is 22.7 Å². The minimum atomic E-state index is -0.0145. The van der Waals surface area contributed by atoms with Gasteiger partial charge in [0.25, 0.3) is 0 Å². The van der Waals surface area contributed by atoms with Gasteiger partial charge in [-0.05, 0) is 81.3 Å². The zero-order chi connectivity index (χ0) is 26.9. The molecule has 0 amide bonds. The maximum absolute atomic E-state index is 6.61. The molecular formula is C35H31ClN2O. The maximum Gasteiger partial charge on any atom is 0.119 e. The summed E-state index contributed by atoms with van der Waals surface area (Å²) < 4.78 is 5.62. The third-order valence-corrected chi connectivity index (χ3v) is 8.47. The minimum Gasteiger partial charge on any atom is -0.497 e. The Hall–Kier alpha value is -3.95. The number of hydrogen-bond donors (Lipinski definition) is 1. The monoisotopic (exact) mass is 530 g/mol. The van der Waals surface area contributed by atoms with Crippen molar-refractivity contribution in [2.45, 2.75) is 38.6 Å². The molecule has 2 aliphatic heterocycles. The fourth-order valence-corrected chi connectivity index (χ4v) is 6.42. The van der Waals surface area contributed by atoms with Crippen LogP contribution >= 0.6 is 11.6 Å². The van der Waals surface area contributed by atoms with Gasteiger partial charge in [-0.25, -0.2) is 0 Å². The number of aromatic amines is 1. The van der Waals surface area contributed by atoms with Crippen LogP contribution in [0.25, 0.3) is 22.7 Å². The number of nitrogens with one attached hydrogen (secondary N) is 1. The Morgan fingerprint density at radius 2 is 1.72 bits per heavy atom. The highest BCUT2D eigenvalue weighted by Gasteiger charge is 2.38. The van der Waals surface area contributed by atoms with E-state index in [-0.39, 0.29) is 11.5 Å². The van der Waals surface area contributed by atoms with Gasteiger partial charge in [0.05, 0.1) is 7.11 Å². The van der Waals surface area contributed by atoms with Crippen LogP contribution in [0.2, 0.25) is 5.02 Å². The smallest absolute Gasteiger partial charge is 0.119 e. The molecule has 0 bridgehead atoms. The number of benzene rings is 4. The van der Waals surface area contributed by atoms with E-state index < -0.39 is 0 Å². The Bertz CT molecular complexity index is 1770. The van der Waals surface area contributed by atoms with E-state index in [0.29, 0.717) is 0 Å². The van der Waals surface area contributed by atoms with E-state index >= 15 is 0 Å². The number of nitrogens with zero attached hydrogens (tertiary/aromatic N) is 1. The van der Waals surface area contributed by atoms with E-state index in [4.69, 9.17) is 16.3 Å². The summed E-state index contributed by atoms with van der Waals surface area (Å²) in [5.41, 5.74) is 12.4. The molecule has 1 atom stereocenters. The largest absolute Gasteiger partial charge is 0.497 e. The summed E-state index contributed by atoms with van der Waals surface area (Å²) in [5.74, 6) is 0.861. The third kappa shape index (κ3) is 3.87. The first-order valence-electron chi connectivity index (χ1n) is 13.5. The van der Waals surface area contributed by atoms with Crippen LogP contribution in [-0.2, 0) is 11.8 Å². The topological polar surface area (TPSA) is 28.3 Å². The molecule has 0 saturated carbocycles. The molecule has 1 aromatic heterocycles. The number of halogens is 1. The Labute approximate surface area is 234 Å². The van der Waals surface area contributed by atoms with Crippen molar-refractivity contribution in [3.63, 3.8) is 0 Å². The lowest BCUT2D eigenvalue weighted by Crippen LogP contribution is -2.31. The molecule has 7 rings (SSSR count). The van der Waals surface area contributed by atoms with Crippen LogP contribution in [0, 0.1) is 0 Å². The SMILES string of the molecule is COc1ccc2[nH]c3c(c2c1)Cc1cc(Cl)ccc1N1C(c2ccc(C(C)(C)C)cc2)=Cc2ccccc2C31. The number of fused-ring (bicyclic) bond motifs is 9. The molecule has 0 aliphatic carbocycles. The molecule has 1 N–H and O–H groups in total. The van der Waals surface area contributed by atoms with Gasteiger partial charge in [0, 0.05) is 39.4 Å². The maximum atomic E-state index is 6.61. The summed E-state index contributed by atoms with van der Waals surface area (Å²) in [4.78, 5) is 6.35. The van der Waals surface area contributed by atoms with Crippen molar-refractivity contribution >= 4 is 40.0 Å². The van der Waals surface area contributed by atoms with Gasteiger partial charge in [-0.3, -0.25) is 0 Å². The molecule has 2 aliphatic rings. The minimum absolute atomic E-state index is 0.0145. The Kier molecular flexibility index (Phi) is 5.43. The van der Waals surface area contributed by atoms with Gasteiger partial charge < -0.3 is 14.6 Å². The Morgan fingerprint density at radius 3 is 2.49 bits per heavy atom. The number of rotatable bonds is 2. The van der Waals surface area contributed by atoms with Crippen molar-refractivity contribution in [3.8, 4) is 5.75 Å². The van der Waals surface area contributed by atoms with E-state index in [1.807, 2.05) is 12.1 Å². The normalized spacial score (nSPS) is 16.1. The lowest BCUT2D eigenvalue weighted by atomic mass is 9.85. The number of anilines is 1. The van der Waals surface area contributed by atoms with Crippen molar-refractivity contribution in [1.29, 1.82) is 0 Å². The number of aromatic nitrogens is 1. The summed E-state index contributed by atoms with van der Waals surface area (Å²) in [6, 6.07) is 30.5. The van der Waals surface area contributed by atoms with Crippen LogP contribution in [-0.4, -0.2) is 12.1 Å². The van der Waals surface area contributed by atoms with Gasteiger partial charge in [0.15, 0.2) is 0 Å². The van der Waals surface area contributed by atoms with E-state index in [1.54, 1.807) is 7.11 Å². The van der Waals surface area contributed by atoms with Gasteiger partial charge in [-0.2, -0.15) is 0 Å². The van der Waals surface area contributed by atoms with Crippen molar-refractivity contribution in [1.82, 2.24) is 4.98 Å². The van der Waals surface area contributed by atoms with Crippen LogP contribution in [0.15, 0.2) is 84.9 Å². The number of ether oxygens (including phenoxy) is 1. The quantitative estimate of drug-likeness (QED) is 0.246. The lowest BCUT2D eigenvalue weighted by molar-refractivity contribution is 0.415. The zero-order valence-corrected chi connectivity index (χ0v) is 23.4. The highest BCUT2D eigenvalue weighted by molar-refractivity contribution is 6.30. The van der Waals surface area contributed by atoms with Crippen LogP contribution in [0.5, 0.6) is 5.75 Å². The number of H-pyrrole nitrogens is 1. The molecule has 5 aromatic rings.